The molecule has 120 valence electrons. The first-order valence-electron chi connectivity index (χ1n) is 6.05. The summed E-state index contributed by atoms with van der Waals surface area (Å²) in [7, 11) is -4.23. The number of sulfonamides is 1. The summed E-state index contributed by atoms with van der Waals surface area (Å²) in [5.74, 6) is -1.02. The Hall–Kier alpha value is -1.32. The molecule has 0 saturated heterocycles. The molecule has 0 aliphatic carbocycles. The number of hydrogen-bond acceptors (Lipinski definition) is 4. The number of aliphatic hydroxyl groups excluding tert-OH is 1. The van der Waals surface area contributed by atoms with E-state index in [4.69, 9.17) is 0 Å². The van der Waals surface area contributed by atoms with E-state index >= 15 is 0 Å². The van der Waals surface area contributed by atoms with Gasteiger partial charge in [-0.1, -0.05) is 26.0 Å². The monoisotopic (exact) mass is 327 g/mol. The highest BCUT2D eigenvalue weighted by Crippen LogP contribution is 2.29. The van der Waals surface area contributed by atoms with Crippen LogP contribution in [0, 0.1) is 5.92 Å². The van der Waals surface area contributed by atoms with Crippen LogP contribution in [0.5, 0.6) is 5.75 Å². The molecule has 0 aliphatic rings. The van der Waals surface area contributed by atoms with Crippen LogP contribution in [0.4, 0.5) is 13.2 Å². The van der Waals surface area contributed by atoms with E-state index in [1.807, 2.05) is 0 Å². The summed E-state index contributed by atoms with van der Waals surface area (Å²) in [4.78, 5) is -0.640. The molecule has 2 N–H and O–H groups in total. The van der Waals surface area contributed by atoms with E-state index in [9.17, 15) is 26.7 Å². The summed E-state index contributed by atoms with van der Waals surface area (Å²) >= 11 is 0. The molecule has 21 heavy (non-hydrogen) atoms. The first kappa shape index (κ1) is 17.7. The summed E-state index contributed by atoms with van der Waals surface area (Å²) in [5, 5.41) is 9.55. The lowest BCUT2D eigenvalue weighted by Gasteiger charge is -2.17. The van der Waals surface area contributed by atoms with Gasteiger partial charge in [0, 0.05) is 6.54 Å². The molecule has 1 aromatic rings. The fourth-order valence-electron chi connectivity index (χ4n) is 1.39. The Morgan fingerprint density at radius 3 is 2.38 bits per heavy atom. The number of halogens is 3. The Kier molecular flexibility index (Phi) is 5.60. The molecule has 0 bridgehead atoms. The van der Waals surface area contributed by atoms with E-state index in [0.29, 0.717) is 0 Å². The molecule has 0 spiro atoms. The van der Waals surface area contributed by atoms with Crippen LogP contribution in [-0.4, -0.2) is 32.5 Å². The number of ether oxygens (including phenoxy) is 1. The Bertz CT molecular complexity index is 572. The SMILES string of the molecule is CC(C)C(O)CNS(=O)(=O)c1ccccc1OC(F)(F)F. The van der Waals surface area contributed by atoms with Crippen LogP contribution in [0.15, 0.2) is 29.2 Å². The highest BCUT2D eigenvalue weighted by molar-refractivity contribution is 7.89. The van der Waals surface area contributed by atoms with Crippen molar-refractivity contribution < 1.29 is 31.4 Å². The number of alkyl halides is 3. The zero-order valence-corrected chi connectivity index (χ0v) is 12.2. The second-order valence-corrected chi connectivity index (χ2v) is 6.39. The molecule has 0 aromatic heterocycles. The van der Waals surface area contributed by atoms with E-state index in [-0.39, 0.29) is 12.5 Å². The van der Waals surface area contributed by atoms with Gasteiger partial charge in [-0.15, -0.1) is 13.2 Å². The van der Waals surface area contributed by atoms with Gasteiger partial charge >= 0.3 is 6.36 Å². The molecule has 1 atom stereocenters. The maximum absolute atomic E-state index is 12.3. The lowest BCUT2D eigenvalue weighted by molar-refractivity contribution is -0.275. The van der Waals surface area contributed by atoms with Crippen molar-refractivity contribution in [2.45, 2.75) is 31.2 Å². The number of nitrogens with one attached hydrogen (secondary N) is 1. The Balaban J connectivity index is 2.98. The average molecular weight is 327 g/mol. The number of hydrogen-bond donors (Lipinski definition) is 2. The summed E-state index contributed by atoms with van der Waals surface area (Å²) < 4.78 is 66.5. The van der Waals surface area contributed by atoms with Crippen molar-refractivity contribution in [1.82, 2.24) is 4.72 Å². The van der Waals surface area contributed by atoms with Gasteiger partial charge in [-0.2, -0.15) is 0 Å². The van der Waals surface area contributed by atoms with Crippen LogP contribution in [0.2, 0.25) is 0 Å². The third-order valence-corrected chi connectivity index (χ3v) is 4.08. The molecule has 0 fully saturated rings. The summed E-state index contributed by atoms with van der Waals surface area (Å²) in [6.45, 7) is 3.06. The average Bonchev–Trinajstić information content (AvgIpc) is 2.34. The van der Waals surface area contributed by atoms with Crippen molar-refractivity contribution in [3.63, 3.8) is 0 Å². The second kappa shape index (κ2) is 6.63. The van der Waals surface area contributed by atoms with Gasteiger partial charge in [0.25, 0.3) is 0 Å². The van der Waals surface area contributed by atoms with E-state index in [0.717, 1.165) is 12.1 Å². The maximum atomic E-state index is 12.3. The van der Waals surface area contributed by atoms with Crippen molar-refractivity contribution in [2.75, 3.05) is 6.54 Å². The normalized spacial score (nSPS) is 14.2. The van der Waals surface area contributed by atoms with E-state index in [2.05, 4.69) is 9.46 Å². The first-order valence-corrected chi connectivity index (χ1v) is 7.54. The number of rotatable bonds is 6. The predicted octanol–water partition coefficient (Wildman–Crippen LogP) is 1.88. The lowest BCUT2D eigenvalue weighted by atomic mass is 10.1. The zero-order valence-electron chi connectivity index (χ0n) is 11.4. The largest absolute Gasteiger partial charge is 0.573 e. The molecule has 0 amide bonds. The fraction of sp³-hybridized carbons (Fsp3) is 0.500. The van der Waals surface area contributed by atoms with Crippen molar-refractivity contribution in [3.05, 3.63) is 24.3 Å². The minimum atomic E-state index is -5.00. The van der Waals surface area contributed by atoms with Crippen molar-refractivity contribution in [3.8, 4) is 5.75 Å². The third-order valence-electron chi connectivity index (χ3n) is 2.62. The van der Waals surface area contributed by atoms with Crippen molar-refractivity contribution in [1.29, 1.82) is 0 Å². The van der Waals surface area contributed by atoms with Gasteiger partial charge in [-0.3, -0.25) is 0 Å². The first-order chi connectivity index (χ1) is 9.53. The molecule has 1 unspecified atom stereocenters. The molecule has 0 aliphatic heterocycles. The van der Waals surface area contributed by atoms with Gasteiger partial charge in [0.2, 0.25) is 10.0 Å². The number of para-hydroxylation sites is 1. The smallest absolute Gasteiger partial charge is 0.404 e. The molecule has 1 aromatic carbocycles. The minimum Gasteiger partial charge on any atom is -0.404 e. The summed E-state index contributed by atoms with van der Waals surface area (Å²) in [6, 6.07) is 4.39. The predicted molar refractivity (Wildman–Crippen MR) is 69.2 cm³/mol. The van der Waals surface area contributed by atoms with Crippen LogP contribution in [0.1, 0.15) is 13.8 Å². The van der Waals surface area contributed by atoms with Crippen LogP contribution in [-0.2, 0) is 10.0 Å². The third kappa shape index (κ3) is 5.52. The lowest BCUT2D eigenvalue weighted by Crippen LogP contribution is -2.35. The topological polar surface area (TPSA) is 75.6 Å². The highest BCUT2D eigenvalue weighted by atomic mass is 32.2. The Morgan fingerprint density at radius 1 is 1.29 bits per heavy atom. The summed E-state index contributed by atoms with van der Waals surface area (Å²) in [6.07, 6.45) is -5.95. The van der Waals surface area contributed by atoms with E-state index in [1.54, 1.807) is 13.8 Å². The highest BCUT2D eigenvalue weighted by Gasteiger charge is 2.34. The number of benzene rings is 1. The van der Waals surface area contributed by atoms with Gasteiger partial charge in [0.1, 0.15) is 10.6 Å². The van der Waals surface area contributed by atoms with Gasteiger partial charge in [0.15, 0.2) is 0 Å². The Labute approximate surface area is 120 Å². The van der Waals surface area contributed by atoms with Crippen LogP contribution < -0.4 is 9.46 Å². The second-order valence-electron chi connectivity index (χ2n) is 4.66. The van der Waals surface area contributed by atoms with Gasteiger partial charge in [0.05, 0.1) is 6.10 Å². The molecular weight excluding hydrogens is 311 g/mol. The minimum absolute atomic E-state index is 0.200. The van der Waals surface area contributed by atoms with Gasteiger partial charge in [-0.05, 0) is 18.1 Å². The maximum Gasteiger partial charge on any atom is 0.573 e. The fourth-order valence-corrected chi connectivity index (χ4v) is 2.57. The summed E-state index contributed by atoms with van der Waals surface area (Å²) in [5.41, 5.74) is 0. The van der Waals surface area contributed by atoms with Crippen LogP contribution in [0.3, 0.4) is 0 Å². The van der Waals surface area contributed by atoms with Crippen molar-refractivity contribution >= 4 is 10.0 Å². The van der Waals surface area contributed by atoms with Crippen LogP contribution in [0.25, 0.3) is 0 Å². The molecule has 9 heteroatoms. The molecule has 0 heterocycles. The van der Waals surface area contributed by atoms with Crippen molar-refractivity contribution in [2.24, 2.45) is 5.92 Å². The van der Waals surface area contributed by atoms with Gasteiger partial charge < -0.3 is 9.84 Å². The molecule has 0 saturated carbocycles. The van der Waals surface area contributed by atoms with E-state index in [1.165, 1.54) is 12.1 Å². The quantitative estimate of drug-likeness (QED) is 0.836. The number of aliphatic hydroxyl groups is 1. The van der Waals surface area contributed by atoms with Crippen LogP contribution >= 0.6 is 0 Å². The molecule has 1 rings (SSSR count). The molecule has 0 radical (unpaired) electrons. The molecular formula is C12H16F3NO4S. The standard InChI is InChI=1S/C12H16F3NO4S/c1-8(2)9(17)7-16-21(18,19)11-6-4-3-5-10(11)20-12(13,14)15/h3-6,8-9,16-17H,7H2,1-2H3. The van der Waals surface area contributed by atoms with Gasteiger partial charge in [-0.25, -0.2) is 13.1 Å². The molecule has 5 nitrogen and oxygen atoms in total. The van der Waals surface area contributed by atoms with E-state index < -0.39 is 33.1 Å². The zero-order chi connectivity index (χ0) is 16.3. The Morgan fingerprint density at radius 2 is 1.86 bits per heavy atom.